The minimum absolute atomic E-state index is 0.0521. The van der Waals surface area contributed by atoms with Crippen LogP contribution in [0.15, 0.2) is 29.2 Å². The van der Waals surface area contributed by atoms with Crippen LogP contribution < -0.4 is 0 Å². The number of carboxylic acid groups (broad SMARTS) is 1. The molecule has 0 aromatic heterocycles. The van der Waals surface area contributed by atoms with Gasteiger partial charge in [0.05, 0.1) is 10.6 Å². The molecule has 0 saturated carbocycles. The maximum Gasteiger partial charge on any atom is 0.389 e. The molecule has 0 radical (unpaired) electrons. The molecule has 1 rings (SSSR count). The standard InChI is InChI=1S/C13H15F3O4S/c14-13(15,16)8-1-9-21(19,20)11-5-2-10(3-6-11)4-7-12(17)18/h2-3,5-6H,1,4,7-9H2,(H,17,18). The quantitative estimate of drug-likeness (QED) is 0.837. The fourth-order valence-electron chi connectivity index (χ4n) is 1.70. The first-order valence-electron chi connectivity index (χ1n) is 6.20. The molecule has 0 aliphatic carbocycles. The van der Waals surface area contributed by atoms with Crippen LogP contribution in [0.1, 0.15) is 24.8 Å². The third-order valence-electron chi connectivity index (χ3n) is 2.78. The fourth-order valence-corrected chi connectivity index (χ4v) is 3.01. The number of benzene rings is 1. The van der Waals surface area contributed by atoms with Gasteiger partial charge in [-0.1, -0.05) is 12.1 Å². The van der Waals surface area contributed by atoms with Crippen molar-refractivity contribution >= 4 is 15.8 Å². The molecule has 1 aromatic rings. The summed E-state index contributed by atoms with van der Waals surface area (Å²) < 4.78 is 59.6. The molecule has 4 nitrogen and oxygen atoms in total. The van der Waals surface area contributed by atoms with Gasteiger partial charge in [-0.3, -0.25) is 4.79 Å². The molecule has 0 amide bonds. The van der Waals surface area contributed by atoms with E-state index in [1.54, 1.807) is 0 Å². The highest BCUT2D eigenvalue weighted by atomic mass is 32.2. The number of hydrogen-bond donors (Lipinski definition) is 1. The average molecular weight is 324 g/mol. The van der Waals surface area contributed by atoms with Crippen LogP contribution in [0, 0.1) is 0 Å². The van der Waals surface area contributed by atoms with E-state index in [0.29, 0.717) is 5.56 Å². The van der Waals surface area contributed by atoms with E-state index >= 15 is 0 Å². The van der Waals surface area contributed by atoms with E-state index in [0.717, 1.165) is 0 Å². The number of hydrogen-bond acceptors (Lipinski definition) is 3. The number of alkyl halides is 3. The van der Waals surface area contributed by atoms with Crippen molar-refractivity contribution in [2.75, 3.05) is 5.75 Å². The highest BCUT2D eigenvalue weighted by Gasteiger charge is 2.27. The second-order valence-corrected chi connectivity index (χ2v) is 6.68. The van der Waals surface area contributed by atoms with Crippen LogP contribution >= 0.6 is 0 Å². The number of carboxylic acids is 1. The monoisotopic (exact) mass is 324 g/mol. The molecule has 1 N–H and O–H groups in total. The van der Waals surface area contributed by atoms with Crippen LogP contribution in [0.2, 0.25) is 0 Å². The fraction of sp³-hybridized carbons (Fsp3) is 0.462. The lowest BCUT2D eigenvalue weighted by atomic mass is 10.1. The summed E-state index contributed by atoms with van der Waals surface area (Å²) in [5.41, 5.74) is 0.659. The third kappa shape index (κ3) is 6.61. The zero-order valence-electron chi connectivity index (χ0n) is 11.1. The third-order valence-corrected chi connectivity index (χ3v) is 4.60. The molecule has 0 saturated heterocycles. The van der Waals surface area contributed by atoms with Crippen molar-refractivity contribution in [1.82, 2.24) is 0 Å². The first kappa shape index (κ1) is 17.5. The molecule has 1 aromatic carbocycles. The van der Waals surface area contributed by atoms with Crippen molar-refractivity contribution in [3.63, 3.8) is 0 Å². The molecule has 8 heteroatoms. The number of carbonyl (C=O) groups is 1. The Hall–Kier alpha value is -1.57. The smallest absolute Gasteiger partial charge is 0.389 e. The van der Waals surface area contributed by atoms with Gasteiger partial charge in [0.1, 0.15) is 0 Å². The SMILES string of the molecule is O=C(O)CCc1ccc(S(=O)(=O)CCCC(F)(F)F)cc1. The van der Waals surface area contributed by atoms with Gasteiger partial charge in [0, 0.05) is 12.8 Å². The highest BCUT2D eigenvalue weighted by molar-refractivity contribution is 7.91. The van der Waals surface area contributed by atoms with Crippen molar-refractivity contribution in [3.05, 3.63) is 29.8 Å². The number of aryl methyl sites for hydroxylation is 1. The lowest BCUT2D eigenvalue weighted by molar-refractivity contribution is -0.137. The van der Waals surface area contributed by atoms with Crippen LogP contribution in [-0.4, -0.2) is 31.4 Å². The molecule has 21 heavy (non-hydrogen) atoms. The zero-order chi connectivity index (χ0) is 16.1. The van der Waals surface area contributed by atoms with Gasteiger partial charge in [-0.05, 0) is 30.5 Å². The second-order valence-electron chi connectivity index (χ2n) is 4.58. The van der Waals surface area contributed by atoms with E-state index < -0.39 is 40.6 Å². The summed E-state index contributed by atoms with van der Waals surface area (Å²) in [6.45, 7) is 0. The van der Waals surface area contributed by atoms with Gasteiger partial charge < -0.3 is 5.11 Å². The lowest BCUT2D eigenvalue weighted by Crippen LogP contribution is -2.12. The van der Waals surface area contributed by atoms with E-state index in [-0.39, 0.29) is 17.7 Å². The Bertz CT molecular complexity index is 576. The molecule has 118 valence electrons. The molecule has 0 atom stereocenters. The first-order chi connectivity index (χ1) is 9.60. The number of sulfone groups is 1. The summed E-state index contributed by atoms with van der Waals surface area (Å²) >= 11 is 0. The molecule has 0 aliphatic heterocycles. The lowest BCUT2D eigenvalue weighted by Gasteiger charge is -2.07. The second kappa shape index (κ2) is 6.93. The van der Waals surface area contributed by atoms with Gasteiger partial charge in [-0.15, -0.1) is 0 Å². The van der Waals surface area contributed by atoms with Gasteiger partial charge >= 0.3 is 12.1 Å². The average Bonchev–Trinajstić information content (AvgIpc) is 2.35. The Morgan fingerprint density at radius 2 is 1.71 bits per heavy atom. The van der Waals surface area contributed by atoms with E-state index in [9.17, 15) is 26.4 Å². The summed E-state index contributed by atoms with van der Waals surface area (Å²) in [6, 6.07) is 5.53. The van der Waals surface area contributed by atoms with Gasteiger partial charge in [-0.25, -0.2) is 8.42 Å². The van der Waals surface area contributed by atoms with Crippen molar-refractivity contribution in [3.8, 4) is 0 Å². The maximum atomic E-state index is 12.0. The Kier molecular flexibility index (Phi) is 5.77. The van der Waals surface area contributed by atoms with Crippen LogP contribution in [-0.2, 0) is 21.1 Å². The highest BCUT2D eigenvalue weighted by Crippen LogP contribution is 2.23. The number of aliphatic carboxylic acids is 1. The van der Waals surface area contributed by atoms with Crippen molar-refractivity contribution < 1.29 is 31.5 Å². The largest absolute Gasteiger partial charge is 0.481 e. The zero-order valence-corrected chi connectivity index (χ0v) is 11.9. The summed E-state index contributed by atoms with van der Waals surface area (Å²) in [5.74, 6) is -1.53. The topological polar surface area (TPSA) is 71.4 Å². The van der Waals surface area contributed by atoms with Gasteiger partial charge in [0.15, 0.2) is 9.84 Å². The van der Waals surface area contributed by atoms with Gasteiger partial charge in [0.25, 0.3) is 0 Å². The van der Waals surface area contributed by atoms with Gasteiger partial charge in [-0.2, -0.15) is 13.2 Å². The molecule has 0 fully saturated rings. The molecular weight excluding hydrogens is 309 g/mol. The molecule has 0 aliphatic rings. The predicted molar refractivity (Wildman–Crippen MR) is 69.7 cm³/mol. The Morgan fingerprint density at radius 1 is 1.14 bits per heavy atom. The summed E-state index contributed by atoms with van der Waals surface area (Å²) in [7, 11) is -3.75. The predicted octanol–water partition coefficient (Wildman–Crippen LogP) is 2.82. The molecular formula is C13H15F3O4S. The number of rotatable bonds is 7. The van der Waals surface area contributed by atoms with Crippen LogP contribution in [0.3, 0.4) is 0 Å². The van der Waals surface area contributed by atoms with Crippen molar-refractivity contribution in [2.24, 2.45) is 0 Å². The first-order valence-corrected chi connectivity index (χ1v) is 7.86. The normalized spacial score (nSPS) is 12.3. The maximum absolute atomic E-state index is 12.0. The molecule has 0 heterocycles. The molecule has 0 unspecified atom stereocenters. The van der Waals surface area contributed by atoms with Crippen LogP contribution in [0.5, 0.6) is 0 Å². The van der Waals surface area contributed by atoms with Crippen LogP contribution in [0.4, 0.5) is 13.2 Å². The van der Waals surface area contributed by atoms with E-state index in [1.165, 1.54) is 24.3 Å². The Labute approximate surface area is 120 Å². The minimum Gasteiger partial charge on any atom is -0.481 e. The summed E-state index contributed by atoms with van der Waals surface area (Å²) in [6.07, 6.45) is -5.78. The van der Waals surface area contributed by atoms with Crippen molar-refractivity contribution in [2.45, 2.75) is 36.8 Å². The van der Waals surface area contributed by atoms with Crippen molar-refractivity contribution in [1.29, 1.82) is 0 Å². The van der Waals surface area contributed by atoms with Gasteiger partial charge in [0.2, 0.25) is 0 Å². The van der Waals surface area contributed by atoms with E-state index in [4.69, 9.17) is 5.11 Å². The Morgan fingerprint density at radius 3 is 2.19 bits per heavy atom. The summed E-state index contributed by atoms with van der Waals surface area (Å²) in [4.78, 5) is 10.4. The molecule has 0 bridgehead atoms. The van der Waals surface area contributed by atoms with E-state index in [2.05, 4.69) is 0 Å². The minimum atomic E-state index is -4.36. The molecule has 0 spiro atoms. The number of halogens is 3. The van der Waals surface area contributed by atoms with Crippen LogP contribution in [0.25, 0.3) is 0 Å². The van der Waals surface area contributed by atoms with E-state index in [1.807, 2.05) is 0 Å². The summed E-state index contributed by atoms with van der Waals surface area (Å²) in [5, 5.41) is 8.53. The Balaban J connectivity index is 2.65.